The van der Waals surface area contributed by atoms with Gasteiger partial charge in [-0.2, -0.15) is 0 Å². The number of halogens is 1. The third kappa shape index (κ3) is 3.98. The summed E-state index contributed by atoms with van der Waals surface area (Å²) in [5.74, 6) is 0.896. The Hall–Kier alpha value is -2.39. The summed E-state index contributed by atoms with van der Waals surface area (Å²) < 4.78 is 1.09. The van der Waals surface area contributed by atoms with E-state index in [-0.39, 0.29) is 6.04 Å². The van der Waals surface area contributed by atoms with Crippen LogP contribution < -0.4 is 5.32 Å². The molecule has 1 aliphatic rings. The number of hydrogen-bond donors (Lipinski definition) is 1. The number of rotatable bonds is 4. The summed E-state index contributed by atoms with van der Waals surface area (Å²) in [7, 11) is 0. The highest BCUT2D eigenvalue weighted by atomic mass is 79.9. The summed E-state index contributed by atoms with van der Waals surface area (Å²) in [5, 5.41) is 3.70. The summed E-state index contributed by atoms with van der Waals surface area (Å²) in [6.45, 7) is 2.28. The normalized spacial score (nSPS) is 15.0. The van der Waals surface area contributed by atoms with Gasteiger partial charge in [0.2, 0.25) is 0 Å². The molecule has 4 rings (SSSR count). The molecule has 0 amide bonds. The lowest BCUT2D eigenvalue weighted by molar-refractivity contribution is 0.821. The standard InChI is InChI=1S/C24H23BrN2/c1-17-7-6-9-18-8-2-3-10-21(18)23(17)24(19-12-14-20(25)15-13-19)27-22-11-4-5-16-26-22/h2-5,8,10-16,24H,6-7,9H2,1H3,(H,26,27). The molecule has 1 heterocycles. The zero-order valence-corrected chi connectivity index (χ0v) is 17.0. The van der Waals surface area contributed by atoms with E-state index >= 15 is 0 Å². The number of fused-ring (bicyclic) bond motifs is 1. The van der Waals surface area contributed by atoms with Crippen molar-refractivity contribution in [1.82, 2.24) is 4.98 Å². The fraction of sp³-hybridized carbons (Fsp3) is 0.208. The quantitative estimate of drug-likeness (QED) is 0.503. The van der Waals surface area contributed by atoms with E-state index in [1.165, 1.54) is 34.3 Å². The summed E-state index contributed by atoms with van der Waals surface area (Å²) in [6.07, 6.45) is 5.29. The molecule has 0 aliphatic heterocycles. The summed E-state index contributed by atoms with van der Waals surface area (Å²) in [6, 6.07) is 23.5. The molecule has 1 atom stereocenters. The molecule has 0 saturated heterocycles. The van der Waals surface area contributed by atoms with Crippen molar-refractivity contribution >= 4 is 27.3 Å². The molecule has 1 aliphatic carbocycles. The first-order valence-corrected chi connectivity index (χ1v) is 10.2. The first kappa shape index (κ1) is 18.0. The van der Waals surface area contributed by atoms with Gasteiger partial charge in [-0.15, -0.1) is 0 Å². The van der Waals surface area contributed by atoms with Gasteiger partial charge in [0.25, 0.3) is 0 Å². The highest BCUT2D eigenvalue weighted by Crippen LogP contribution is 2.40. The number of nitrogens with zero attached hydrogens (tertiary/aromatic N) is 1. The van der Waals surface area contributed by atoms with Crippen molar-refractivity contribution < 1.29 is 0 Å². The Labute approximate surface area is 169 Å². The van der Waals surface area contributed by atoms with E-state index in [0.717, 1.165) is 23.1 Å². The SMILES string of the molecule is CC1=C(C(Nc2ccccn2)c2ccc(Br)cc2)c2ccccc2CCC1. The van der Waals surface area contributed by atoms with Crippen LogP contribution in [0.2, 0.25) is 0 Å². The van der Waals surface area contributed by atoms with E-state index in [0.29, 0.717) is 0 Å². The summed E-state index contributed by atoms with van der Waals surface area (Å²) in [5.41, 5.74) is 6.89. The van der Waals surface area contributed by atoms with Crippen molar-refractivity contribution in [2.24, 2.45) is 0 Å². The van der Waals surface area contributed by atoms with Gasteiger partial charge in [-0.1, -0.05) is 64.0 Å². The number of aryl methyl sites for hydroxylation is 1. The highest BCUT2D eigenvalue weighted by Gasteiger charge is 2.24. The second kappa shape index (κ2) is 8.10. The van der Waals surface area contributed by atoms with Crippen LogP contribution in [0.3, 0.4) is 0 Å². The first-order valence-electron chi connectivity index (χ1n) is 9.43. The largest absolute Gasteiger partial charge is 0.359 e. The van der Waals surface area contributed by atoms with E-state index in [2.05, 4.69) is 81.7 Å². The highest BCUT2D eigenvalue weighted by molar-refractivity contribution is 9.10. The molecule has 0 fully saturated rings. The number of allylic oxidation sites excluding steroid dienone is 1. The first-order chi connectivity index (χ1) is 13.2. The molecule has 3 aromatic rings. The number of benzene rings is 2. The Morgan fingerprint density at radius 1 is 0.926 bits per heavy atom. The van der Waals surface area contributed by atoms with Gasteiger partial charge in [0.1, 0.15) is 5.82 Å². The predicted molar refractivity (Wildman–Crippen MR) is 117 cm³/mol. The molecule has 0 saturated carbocycles. The molecule has 1 N–H and O–H groups in total. The second-order valence-electron chi connectivity index (χ2n) is 7.05. The van der Waals surface area contributed by atoms with Crippen LogP contribution in [0.15, 0.2) is 83.0 Å². The van der Waals surface area contributed by atoms with Crippen LogP contribution >= 0.6 is 15.9 Å². The van der Waals surface area contributed by atoms with Crippen LogP contribution in [0.4, 0.5) is 5.82 Å². The zero-order chi connectivity index (χ0) is 18.6. The maximum atomic E-state index is 4.52. The van der Waals surface area contributed by atoms with Crippen LogP contribution in [-0.2, 0) is 6.42 Å². The van der Waals surface area contributed by atoms with Gasteiger partial charge in [-0.05, 0) is 72.7 Å². The third-order valence-electron chi connectivity index (χ3n) is 5.21. The molecular formula is C24H23BrN2. The molecule has 2 aromatic carbocycles. The van der Waals surface area contributed by atoms with Crippen molar-refractivity contribution in [3.05, 3.63) is 99.7 Å². The van der Waals surface area contributed by atoms with E-state index in [4.69, 9.17) is 0 Å². The minimum Gasteiger partial charge on any atom is -0.359 e. The van der Waals surface area contributed by atoms with Gasteiger partial charge >= 0.3 is 0 Å². The molecule has 1 unspecified atom stereocenters. The topological polar surface area (TPSA) is 24.9 Å². The number of aromatic nitrogens is 1. The summed E-state index contributed by atoms with van der Waals surface area (Å²) >= 11 is 3.56. The molecule has 0 radical (unpaired) electrons. The van der Waals surface area contributed by atoms with Crippen molar-refractivity contribution in [3.8, 4) is 0 Å². The van der Waals surface area contributed by atoms with Crippen molar-refractivity contribution in [2.75, 3.05) is 5.32 Å². The lowest BCUT2D eigenvalue weighted by Gasteiger charge is -2.26. The minimum atomic E-state index is 0.0623. The fourth-order valence-corrected chi connectivity index (χ4v) is 4.15. The van der Waals surface area contributed by atoms with Crippen molar-refractivity contribution in [3.63, 3.8) is 0 Å². The van der Waals surface area contributed by atoms with E-state index in [1.54, 1.807) is 0 Å². The molecule has 2 nitrogen and oxygen atoms in total. The molecule has 27 heavy (non-hydrogen) atoms. The zero-order valence-electron chi connectivity index (χ0n) is 15.5. The summed E-state index contributed by atoms with van der Waals surface area (Å²) in [4.78, 5) is 4.52. The molecule has 0 spiro atoms. The van der Waals surface area contributed by atoms with Crippen molar-refractivity contribution in [1.29, 1.82) is 0 Å². The van der Waals surface area contributed by atoms with Crippen molar-refractivity contribution in [2.45, 2.75) is 32.2 Å². The molecule has 3 heteroatoms. The van der Waals surface area contributed by atoms with E-state index in [1.807, 2.05) is 24.4 Å². The number of hydrogen-bond acceptors (Lipinski definition) is 2. The van der Waals surface area contributed by atoms with Gasteiger partial charge in [0.05, 0.1) is 6.04 Å². The number of anilines is 1. The molecule has 1 aromatic heterocycles. The monoisotopic (exact) mass is 418 g/mol. The van der Waals surface area contributed by atoms with Gasteiger partial charge in [-0.25, -0.2) is 4.98 Å². The molecule has 0 bridgehead atoms. The Bertz CT molecular complexity index is 946. The van der Waals surface area contributed by atoms with E-state index < -0.39 is 0 Å². The van der Waals surface area contributed by atoms with Crippen LogP contribution in [0.1, 0.15) is 42.5 Å². The second-order valence-corrected chi connectivity index (χ2v) is 7.96. The molecular weight excluding hydrogens is 396 g/mol. The van der Waals surface area contributed by atoms with Crippen LogP contribution in [0, 0.1) is 0 Å². The Kier molecular flexibility index (Phi) is 5.40. The Morgan fingerprint density at radius 3 is 2.48 bits per heavy atom. The average Bonchev–Trinajstić information content (AvgIpc) is 2.86. The lowest BCUT2D eigenvalue weighted by Crippen LogP contribution is -2.15. The maximum Gasteiger partial charge on any atom is 0.126 e. The maximum absolute atomic E-state index is 4.52. The smallest absolute Gasteiger partial charge is 0.126 e. The number of pyridine rings is 1. The van der Waals surface area contributed by atoms with Gasteiger partial charge in [0.15, 0.2) is 0 Å². The van der Waals surface area contributed by atoms with Crippen LogP contribution in [-0.4, -0.2) is 4.98 Å². The Balaban J connectivity index is 1.85. The van der Waals surface area contributed by atoms with Gasteiger partial charge in [-0.3, -0.25) is 0 Å². The van der Waals surface area contributed by atoms with Crippen LogP contribution in [0.5, 0.6) is 0 Å². The number of nitrogens with one attached hydrogen (secondary N) is 1. The lowest BCUT2D eigenvalue weighted by atomic mass is 9.87. The van der Waals surface area contributed by atoms with E-state index in [9.17, 15) is 0 Å². The van der Waals surface area contributed by atoms with Gasteiger partial charge < -0.3 is 5.32 Å². The predicted octanol–water partition coefficient (Wildman–Crippen LogP) is 6.81. The molecule has 136 valence electrons. The third-order valence-corrected chi connectivity index (χ3v) is 5.74. The fourth-order valence-electron chi connectivity index (χ4n) is 3.88. The van der Waals surface area contributed by atoms with Gasteiger partial charge in [0, 0.05) is 10.7 Å². The van der Waals surface area contributed by atoms with Crippen LogP contribution in [0.25, 0.3) is 5.57 Å². The Morgan fingerprint density at radius 2 is 1.70 bits per heavy atom. The minimum absolute atomic E-state index is 0.0623. The average molecular weight is 419 g/mol.